The fourth-order valence-electron chi connectivity index (χ4n) is 2.02. The lowest BCUT2D eigenvalue weighted by molar-refractivity contribution is 0.859. The zero-order valence-electron chi connectivity index (χ0n) is 11.6. The summed E-state index contributed by atoms with van der Waals surface area (Å²) in [6.45, 7) is 0.895. The molecule has 0 aliphatic heterocycles. The van der Waals surface area contributed by atoms with E-state index in [0.717, 1.165) is 35.2 Å². The van der Waals surface area contributed by atoms with Gasteiger partial charge in [0.15, 0.2) is 5.01 Å². The molecule has 0 atom stereocenters. The summed E-state index contributed by atoms with van der Waals surface area (Å²) in [5, 5.41) is 13.3. The van der Waals surface area contributed by atoms with E-state index in [1.807, 2.05) is 24.3 Å². The van der Waals surface area contributed by atoms with Crippen molar-refractivity contribution in [3.63, 3.8) is 0 Å². The molecule has 0 aliphatic carbocycles. The molecule has 1 aromatic carbocycles. The number of aromatic nitrogens is 3. The van der Waals surface area contributed by atoms with Crippen LogP contribution in [-0.2, 0) is 6.42 Å². The summed E-state index contributed by atoms with van der Waals surface area (Å²) >= 11 is 1.54. The van der Waals surface area contributed by atoms with Gasteiger partial charge in [0.25, 0.3) is 0 Å². The van der Waals surface area contributed by atoms with Crippen LogP contribution >= 0.6 is 11.3 Å². The van der Waals surface area contributed by atoms with Gasteiger partial charge < -0.3 is 5.32 Å². The number of nitrogens with zero attached hydrogens (tertiary/aromatic N) is 3. The smallest absolute Gasteiger partial charge is 0.206 e. The number of anilines is 1. The van der Waals surface area contributed by atoms with E-state index >= 15 is 0 Å². The Hall–Kier alpha value is -2.27. The van der Waals surface area contributed by atoms with E-state index in [0.29, 0.717) is 0 Å². The first-order chi connectivity index (χ1) is 10.4. The molecule has 2 heterocycles. The summed E-state index contributed by atoms with van der Waals surface area (Å²) in [6, 6.07) is 16.3. The molecule has 1 N–H and O–H groups in total. The van der Waals surface area contributed by atoms with E-state index in [9.17, 15) is 0 Å². The standard InChI is InChI=1S/C16H16N4S/c1-2-7-13(8-3-1)9-6-12-18-16-20-19-15(21-16)14-10-4-5-11-17-14/h1-5,7-8,10-11H,6,9,12H2,(H,18,20). The van der Waals surface area contributed by atoms with Gasteiger partial charge in [-0.05, 0) is 30.5 Å². The minimum Gasteiger partial charge on any atom is -0.360 e. The molecule has 0 amide bonds. The minimum absolute atomic E-state index is 0.848. The van der Waals surface area contributed by atoms with Crippen LogP contribution in [0.4, 0.5) is 5.13 Å². The molecule has 0 unspecified atom stereocenters. The number of benzene rings is 1. The summed E-state index contributed by atoms with van der Waals surface area (Å²) in [7, 11) is 0. The first-order valence-electron chi connectivity index (χ1n) is 6.94. The predicted molar refractivity (Wildman–Crippen MR) is 86.4 cm³/mol. The number of hydrogen-bond donors (Lipinski definition) is 1. The van der Waals surface area contributed by atoms with Gasteiger partial charge in [0.2, 0.25) is 5.13 Å². The molecule has 0 radical (unpaired) electrons. The monoisotopic (exact) mass is 296 g/mol. The molecule has 4 nitrogen and oxygen atoms in total. The lowest BCUT2D eigenvalue weighted by Crippen LogP contribution is -2.02. The highest BCUT2D eigenvalue weighted by Crippen LogP contribution is 2.24. The maximum absolute atomic E-state index is 4.28. The highest BCUT2D eigenvalue weighted by molar-refractivity contribution is 7.18. The molecule has 3 rings (SSSR count). The second kappa shape index (κ2) is 6.95. The van der Waals surface area contributed by atoms with Crippen LogP contribution in [0.25, 0.3) is 10.7 Å². The van der Waals surface area contributed by atoms with Gasteiger partial charge in [0, 0.05) is 12.7 Å². The van der Waals surface area contributed by atoms with Crippen molar-refractivity contribution >= 4 is 16.5 Å². The topological polar surface area (TPSA) is 50.7 Å². The van der Waals surface area contributed by atoms with E-state index in [-0.39, 0.29) is 0 Å². The van der Waals surface area contributed by atoms with Crippen molar-refractivity contribution in [2.75, 3.05) is 11.9 Å². The maximum Gasteiger partial charge on any atom is 0.206 e. The van der Waals surface area contributed by atoms with E-state index in [2.05, 4.69) is 44.8 Å². The molecule has 21 heavy (non-hydrogen) atoms. The van der Waals surface area contributed by atoms with Crippen molar-refractivity contribution < 1.29 is 0 Å². The average molecular weight is 296 g/mol. The van der Waals surface area contributed by atoms with Crippen molar-refractivity contribution in [2.45, 2.75) is 12.8 Å². The van der Waals surface area contributed by atoms with Gasteiger partial charge in [0.1, 0.15) is 5.69 Å². The molecule has 3 aromatic rings. The molecule has 2 aromatic heterocycles. The zero-order chi connectivity index (χ0) is 14.3. The highest BCUT2D eigenvalue weighted by atomic mass is 32.1. The van der Waals surface area contributed by atoms with Gasteiger partial charge in [-0.15, -0.1) is 10.2 Å². The third kappa shape index (κ3) is 3.86. The van der Waals surface area contributed by atoms with Crippen LogP contribution in [0.15, 0.2) is 54.7 Å². The molecule has 106 valence electrons. The van der Waals surface area contributed by atoms with Crippen LogP contribution in [0.2, 0.25) is 0 Å². The lowest BCUT2D eigenvalue weighted by Gasteiger charge is -2.02. The van der Waals surface area contributed by atoms with Crippen LogP contribution in [0.3, 0.4) is 0 Å². The summed E-state index contributed by atoms with van der Waals surface area (Å²) in [5.74, 6) is 0. The van der Waals surface area contributed by atoms with E-state index < -0.39 is 0 Å². The van der Waals surface area contributed by atoms with Gasteiger partial charge in [-0.3, -0.25) is 4.98 Å². The Labute approximate surface area is 127 Å². The van der Waals surface area contributed by atoms with E-state index in [4.69, 9.17) is 0 Å². The Morgan fingerprint density at radius 3 is 2.62 bits per heavy atom. The maximum atomic E-state index is 4.28. The lowest BCUT2D eigenvalue weighted by atomic mass is 10.1. The number of pyridine rings is 1. The van der Waals surface area contributed by atoms with E-state index in [1.54, 1.807) is 6.20 Å². The highest BCUT2D eigenvalue weighted by Gasteiger charge is 2.06. The van der Waals surface area contributed by atoms with Crippen molar-refractivity contribution in [3.05, 3.63) is 60.3 Å². The molecule has 0 aliphatic rings. The van der Waals surface area contributed by atoms with Crippen LogP contribution in [0.1, 0.15) is 12.0 Å². The zero-order valence-corrected chi connectivity index (χ0v) is 12.4. The fraction of sp³-hybridized carbons (Fsp3) is 0.188. The summed E-state index contributed by atoms with van der Waals surface area (Å²) < 4.78 is 0. The van der Waals surface area contributed by atoms with Gasteiger partial charge in [-0.2, -0.15) is 0 Å². The fourth-order valence-corrected chi connectivity index (χ4v) is 2.77. The average Bonchev–Trinajstić information content (AvgIpc) is 3.02. The Balaban J connectivity index is 1.49. The van der Waals surface area contributed by atoms with Crippen molar-refractivity contribution in [1.29, 1.82) is 0 Å². The molecule has 5 heteroatoms. The first kappa shape index (κ1) is 13.7. The number of aryl methyl sites for hydroxylation is 1. The van der Waals surface area contributed by atoms with Crippen LogP contribution in [0.5, 0.6) is 0 Å². The van der Waals surface area contributed by atoms with Gasteiger partial charge in [0.05, 0.1) is 0 Å². The SMILES string of the molecule is c1ccc(CCCNc2nnc(-c3ccccn3)s2)cc1. The predicted octanol–water partition coefficient (Wildman–Crippen LogP) is 3.64. The van der Waals surface area contributed by atoms with Crippen LogP contribution in [0, 0.1) is 0 Å². The Morgan fingerprint density at radius 1 is 0.952 bits per heavy atom. The molecular formula is C16H16N4S. The second-order valence-electron chi connectivity index (χ2n) is 4.64. The molecule has 0 fully saturated rings. The molecule has 0 saturated carbocycles. The number of rotatable bonds is 6. The minimum atomic E-state index is 0.848. The molecular weight excluding hydrogens is 280 g/mol. The second-order valence-corrected chi connectivity index (χ2v) is 5.62. The van der Waals surface area contributed by atoms with Gasteiger partial charge in [-0.25, -0.2) is 0 Å². The summed E-state index contributed by atoms with van der Waals surface area (Å²) in [4.78, 5) is 4.28. The molecule has 0 saturated heterocycles. The molecule has 0 spiro atoms. The normalized spacial score (nSPS) is 10.5. The largest absolute Gasteiger partial charge is 0.360 e. The first-order valence-corrected chi connectivity index (χ1v) is 7.76. The Morgan fingerprint density at radius 2 is 1.81 bits per heavy atom. The van der Waals surface area contributed by atoms with Gasteiger partial charge in [-0.1, -0.05) is 47.7 Å². The van der Waals surface area contributed by atoms with Crippen molar-refractivity contribution in [1.82, 2.24) is 15.2 Å². The number of nitrogens with one attached hydrogen (secondary N) is 1. The Bertz CT molecular complexity index is 667. The quantitative estimate of drug-likeness (QED) is 0.706. The summed E-state index contributed by atoms with van der Waals surface area (Å²) in [6.07, 6.45) is 3.91. The van der Waals surface area contributed by atoms with Crippen molar-refractivity contribution in [2.24, 2.45) is 0 Å². The third-order valence-electron chi connectivity index (χ3n) is 3.07. The summed E-state index contributed by atoms with van der Waals surface area (Å²) in [5.41, 5.74) is 2.23. The van der Waals surface area contributed by atoms with Crippen molar-refractivity contribution in [3.8, 4) is 10.7 Å². The third-order valence-corrected chi connectivity index (χ3v) is 3.97. The van der Waals surface area contributed by atoms with Crippen LogP contribution in [-0.4, -0.2) is 21.7 Å². The van der Waals surface area contributed by atoms with Gasteiger partial charge >= 0.3 is 0 Å². The molecule has 0 bridgehead atoms. The Kier molecular flexibility index (Phi) is 4.53. The van der Waals surface area contributed by atoms with E-state index in [1.165, 1.54) is 16.9 Å². The number of hydrogen-bond acceptors (Lipinski definition) is 5. The van der Waals surface area contributed by atoms with Crippen LogP contribution < -0.4 is 5.32 Å².